The first-order chi connectivity index (χ1) is 9.29. The zero-order chi connectivity index (χ0) is 14.9. The van der Waals surface area contributed by atoms with E-state index in [4.69, 9.17) is 0 Å². The van der Waals surface area contributed by atoms with E-state index in [1.165, 1.54) is 11.3 Å². The van der Waals surface area contributed by atoms with Crippen molar-refractivity contribution in [3.63, 3.8) is 0 Å². The van der Waals surface area contributed by atoms with Gasteiger partial charge < -0.3 is 9.80 Å². The highest BCUT2D eigenvalue weighted by Crippen LogP contribution is 2.28. The average Bonchev–Trinajstić information content (AvgIpc) is 2.86. The van der Waals surface area contributed by atoms with Gasteiger partial charge in [0.25, 0.3) is 5.91 Å². The average molecular weight is 295 g/mol. The molecule has 20 heavy (non-hydrogen) atoms. The molecular formula is C15H25N3OS. The smallest absolute Gasteiger partial charge is 0.265 e. The molecule has 112 valence electrons. The molecule has 5 heteroatoms. The van der Waals surface area contributed by atoms with Crippen LogP contribution in [0.15, 0.2) is 6.20 Å². The largest absolute Gasteiger partial charge is 0.337 e. The molecule has 1 unspecified atom stereocenters. The van der Waals surface area contributed by atoms with Gasteiger partial charge in [-0.1, -0.05) is 20.8 Å². The van der Waals surface area contributed by atoms with Crippen molar-refractivity contribution in [2.75, 3.05) is 27.2 Å². The Morgan fingerprint density at radius 1 is 1.50 bits per heavy atom. The lowest BCUT2D eigenvalue weighted by Crippen LogP contribution is -2.47. The van der Waals surface area contributed by atoms with Gasteiger partial charge in [-0.3, -0.25) is 4.79 Å². The summed E-state index contributed by atoms with van der Waals surface area (Å²) < 4.78 is 0. The summed E-state index contributed by atoms with van der Waals surface area (Å²) in [5, 5.41) is 1.02. The standard InChI is InChI=1S/C15H25N3OS/c1-15(2,3)14-16-9-12(20-14)13(19)18(5)11-7-6-8-17(4)10-11/h9,11H,6-8,10H2,1-5H3. The molecule has 1 fully saturated rings. The molecule has 0 bridgehead atoms. The Bertz CT molecular complexity index is 478. The molecular weight excluding hydrogens is 270 g/mol. The predicted molar refractivity (Wildman–Crippen MR) is 83.4 cm³/mol. The Labute approximate surface area is 125 Å². The fourth-order valence-electron chi connectivity index (χ4n) is 2.51. The zero-order valence-electron chi connectivity index (χ0n) is 13.1. The van der Waals surface area contributed by atoms with Gasteiger partial charge in [0, 0.05) is 25.0 Å². The molecule has 1 aromatic rings. The van der Waals surface area contributed by atoms with Crippen molar-refractivity contribution in [3.8, 4) is 0 Å². The van der Waals surface area contributed by atoms with Crippen LogP contribution in [-0.2, 0) is 5.41 Å². The van der Waals surface area contributed by atoms with E-state index in [2.05, 4.69) is 37.7 Å². The fraction of sp³-hybridized carbons (Fsp3) is 0.733. The Hall–Kier alpha value is -0.940. The summed E-state index contributed by atoms with van der Waals surface area (Å²) in [5.41, 5.74) is 0.00677. The highest BCUT2D eigenvalue weighted by atomic mass is 32.1. The summed E-state index contributed by atoms with van der Waals surface area (Å²) in [6.07, 6.45) is 3.99. The van der Waals surface area contributed by atoms with Crippen LogP contribution < -0.4 is 0 Å². The minimum atomic E-state index is 0.00677. The number of nitrogens with zero attached hydrogens (tertiary/aromatic N) is 3. The maximum atomic E-state index is 12.6. The summed E-state index contributed by atoms with van der Waals surface area (Å²) in [4.78, 5) is 21.9. The Morgan fingerprint density at radius 2 is 2.20 bits per heavy atom. The summed E-state index contributed by atoms with van der Waals surface area (Å²) in [6.45, 7) is 8.47. The lowest BCUT2D eigenvalue weighted by molar-refractivity contribution is 0.0648. The molecule has 4 nitrogen and oxygen atoms in total. The molecule has 1 amide bonds. The Morgan fingerprint density at radius 3 is 2.75 bits per heavy atom. The lowest BCUT2D eigenvalue weighted by atomic mass is 9.98. The first-order valence-corrected chi connectivity index (χ1v) is 8.02. The molecule has 0 saturated carbocycles. The molecule has 1 aliphatic heterocycles. The van der Waals surface area contributed by atoms with Crippen LogP contribution in [-0.4, -0.2) is 53.9 Å². The van der Waals surface area contributed by atoms with Crippen LogP contribution in [0, 0.1) is 0 Å². The topological polar surface area (TPSA) is 36.4 Å². The highest BCUT2D eigenvalue weighted by Gasteiger charge is 2.27. The number of amides is 1. The van der Waals surface area contributed by atoms with Crippen LogP contribution in [0.25, 0.3) is 0 Å². The van der Waals surface area contributed by atoms with Gasteiger partial charge in [-0.15, -0.1) is 11.3 Å². The summed E-state index contributed by atoms with van der Waals surface area (Å²) in [6, 6.07) is 0.321. The molecule has 0 aromatic carbocycles. The number of likely N-dealkylation sites (N-methyl/N-ethyl adjacent to an activating group) is 2. The second-order valence-corrected chi connectivity index (χ2v) is 7.78. The van der Waals surface area contributed by atoms with Gasteiger partial charge in [0.1, 0.15) is 4.88 Å². The monoisotopic (exact) mass is 295 g/mol. The normalized spacial score (nSPS) is 20.9. The number of likely N-dealkylation sites (tertiary alicyclic amines) is 1. The van der Waals surface area contributed by atoms with E-state index in [1.807, 2.05) is 11.9 Å². The van der Waals surface area contributed by atoms with Crippen molar-refractivity contribution >= 4 is 17.2 Å². The molecule has 0 spiro atoms. The van der Waals surface area contributed by atoms with Crippen molar-refractivity contribution < 1.29 is 4.79 Å². The molecule has 0 radical (unpaired) electrons. The summed E-state index contributed by atoms with van der Waals surface area (Å²) in [5.74, 6) is 0.110. The first-order valence-electron chi connectivity index (χ1n) is 7.21. The number of hydrogen-bond acceptors (Lipinski definition) is 4. The van der Waals surface area contributed by atoms with Crippen molar-refractivity contribution in [1.82, 2.24) is 14.8 Å². The molecule has 2 rings (SSSR count). The third kappa shape index (κ3) is 3.38. The van der Waals surface area contributed by atoms with E-state index < -0.39 is 0 Å². The molecule has 0 aliphatic carbocycles. The summed E-state index contributed by atoms with van der Waals surface area (Å²) >= 11 is 1.53. The number of piperidine rings is 1. The quantitative estimate of drug-likeness (QED) is 0.841. The first kappa shape index (κ1) is 15.4. The van der Waals surface area contributed by atoms with Gasteiger partial charge in [-0.25, -0.2) is 4.98 Å². The van der Waals surface area contributed by atoms with E-state index in [0.717, 1.165) is 35.8 Å². The van der Waals surface area contributed by atoms with E-state index in [9.17, 15) is 4.79 Å². The van der Waals surface area contributed by atoms with E-state index in [-0.39, 0.29) is 11.3 Å². The molecule has 2 heterocycles. The van der Waals surface area contributed by atoms with Crippen LogP contribution in [0.3, 0.4) is 0 Å². The summed E-state index contributed by atoms with van der Waals surface area (Å²) in [7, 11) is 4.04. The van der Waals surface area contributed by atoms with Crippen LogP contribution in [0.2, 0.25) is 0 Å². The van der Waals surface area contributed by atoms with E-state index in [0.29, 0.717) is 6.04 Å². The van der Waals surface area contributed by atoms with Gasteiger partial charge in [0.15, 0.2) is 0 Å². The highest BCUT2D eigenvalue weighted by molar-refractivity contribution is 7.13. The maximum absolute atomic E-state index is 12.6. The van der Waals surface area contributed by atoms with Crippen molar-refractivity contribution in [1.29, 1.82) is 0 Å². The molecule has 1 aliphatic rings. The van der Waals surface area contributed by atoms with Crippen LogP contribution in [0.5, 0.6) is 0 Å². The lowest BCUT2D eigenvalue weighted by Gasteiger charge is -2.35. The molecule has 1 saturated heterocycles. The Balaban J connectivity index is 2.08. The minimum Gasteiger partial charge on any atom is -0.337 e. The molecule has 1 atom stereocenters. The Kier molecular flexibility index (Phi) is 4.49. The zero-order valence-corrected chi connectivity index (χ0v) is 14.0. The second-order valence-electron chi connectivity index (χ2n) is 6.75. The minimum absolute atomic E-state index is 0.00677. The van der Waals surface area contributed by atoms with Gasteiger partial charge in [0.2, 0.25) is 0 Å². The third-order valence-electron chi connectivity index (χ3n) is 3.83. The fourth-order valence-corrected chi connectivity index (χ4v) is 3.47. The van der Waals surface area contributed by atoms with Crippen LogP contribution in [0.1, 0.15) is 48.3 Å². The molecule has 0 N–H and O–H groups in total. The third-order valence-corrected chi connectivity index (χ3v) is 5.24. The predicted octanol–water partition coefficient (Wildman–Crippen LogP) is 2.61. The number of rotatable bonds is 2. The van der Waals surface area contributed by atoms with Crippen LogP contribution >= 0.6 is 11.3 Å². The van der Waals surface area contributed by atoms with Crippen molar-refractivity contribution in [3.05, 3.63) is 16.1 Å². The van der Waals surface area contributed by atoms with Gasteiger partial charge in [0.05, 0.1) is 11.2 Å². The van der Waals surface area contributed by atoms with E-state index in [1.54, 1.807) is 6.20 Å². The van der Waals surface area contributed by atoms with Gasteiger partial charge in [-0.05, 0) is 26.4 Å². The number of hydrogen-bond donors (Lipinski definition) is 0. The number of carbonyl (C=O) groups excluding carboxylic acids is 1. The van der Waals surface area contributed by atoms with Gasteiger partial charge >= 0.3 is 0 Å². The second kappa shape index (κ2) is 5.82. The SMILES string of the molecule is CN1CCCC(N(C)C(=O)c2cnc(C(C)(C)C)s2)C1. The number of carbonyl (C=O) groups is 1. The van der Waals surface area contributed by atoms with Crippen LogP contribution in [0.4, 0.5) is 0 Å². The number of thiazole rings is 1. The molecule has 1 aromatic heterocycles. The van der Waals surface area contributed by atoms with Crippen molar-refractivity contribution in [2.45, 2.75) is 45.1 Å². The number of aromatic nitrogens is 1. The maximum Gasteiger partial charge on any atom is 0.265 e. The van der Waals surface area contributed by atoms with Crippen molar-refractivity contribution in [2.24, 2.45) is 0 Å². The van der Waals surface area contributed by atoms with Gasteiger partial charge in [-0.2, -0.15) is 0 Å². The van der Waals surface area contributed by atoms with E-state index >= 15 is 0 Å².